The molecule has 0 aliphatic heterocycles. The molecule has 1 N–H and O–H groups in total. The number of anilines is 1. The van der Waals surface area contributed by atoms with Crippen LogP contribution in [0.5, 0.6) is 0 Å². The molecule has 0 atom stereocenters. The van der Waals surface area contributed by atoms with Crippen LogP contribution in [0.2, 0.25) is 0 Å². The lowest BCUT2D eigenvalue weighted by Crippen LogP contribution is -2.23. The summed E-state index contributed by atoms with van der Waals surface area (Å²) in [7, 11) is 0. The number of nitrogens with zero attached hydrogens (tertiary/aromatic N) is 2. The molecule has 180 valence electrons. The van der Waals surface area contributed by atoms with Gasteiger partial charge in [-0.1, -0.05) is 30.0 Å². The number of carbonyl (C=O) groups is 1. The average molecular weight is 504 g/mol. The van der Waals surface area contributed by atoms with Crippen molar-refractivity contribution in [1.82, 2.24) is 9.55 Å². The molecule has 4 aromatic rings. The van der Waals surface area contributed by atoms with Crippen molar-refractivity contribution in [2.75, 3.05) is 11.1 Å². The molecule has 7 heteroatoms. The minimum atomic E-state index is -0.115. The van der Waals surface area contributed by atoms with E-state index >= 15 is 0 Å². The molecule has 2 aromatic carbocycles. The van der Waals surface area contributed by atoms with Crippen LogP contribution in [0, 0.1) is 27.7 Å². The summed E-state index contributed by atoms with van der Waals surface area (Å²) in [5.74, 6) is 0.0526. The number of aryl methyl sites for hydroxylation is 6. The van der Waals surface area contributed by atoms with E-state index in [0.29, 0.717) is 5.16 Å². The quantitative estimate of drug-likeness (QED) is 0.257. The van der Waals surface area contributed by atoms with Crippen LogP contribution < -0.4 is 10.9 Å². The Bertz CT molecular complexity index is 1500. The molecule has 5 nitrogen and oxygen atoms in total. The van der Waals surface area contributed by atoms with E-state index in [1.54, 1.807) is 15.9 Å². The Morgan fingerprint density at radius 1 is 1.03 bits per heavy atom. The summed E-state index contributed by atoms with van der Waals surface area (Å²) < 4.78 is 1.71. The maximum atomic E-state index is 13.9. The van der Waals surface area contributed by atoms with Gasteiger partial charge in [-0.25, -0.2) is 4.98 Å². The third kappa shape index (κ3) is 4.80. The van der Waals surface area contributed by atoms with E-state index < -0.39 is 0 Å². The van der Waals surface area contributed by atoms with Crippen LogP contribution in [0.4, 0.5) is 5.69 Å². The average Bonchev–Trinajstić information content (AvgIpc) is 3.18. The van der Waals surface area contributed by atoms with Crippen LogP contribution in [0.15, 0.2) is 46.3 Å². The number of thioether (sulfide) groups is 1. The van der Waals surface area contributed by atoms with Crippen LogP contribution >= 0.6 is 23.1 Å². The number of amides is 1. The number of aromatic nitrogens is 2. The summed E-state index contributed by atoms with van der Waals surface area (Å²) in [5.41, 5.74) is 7.05. The number of nitrogens with one attached hydrogen (secondary N) is 1. The van der Waals surface area contributed by atoms with Gasteiger partial charge < -0.3 is 5.32 Å². The van der Waals surface area contributed by atoms with Gasteiger partial charge in [-0.15, -0.1) is 11.3 Å². The molecule has 0 spiro atoms. The number of carbonyl (C=O) groups excluding carboxylic acids is 1. The predicted molar refractivity (Wildman–Crippen MR) is 147 cm³/mol. The Labute approximate surface area is 213 Å². The fraction of sp³-hybridized carbons (Fsp3) is 0.321. The minimum Gasteiger partial charge on any atom is -0.325 e. The molecule has 0 saturated carbocycles. The van der Waals surface area contributed by atoms with Gasteiger partial charge in [-0.05, 0) is 99.4 Å². The Hall–Kier alpha value is -2.90. The van der Waals surface area contributed by atoms with Crippen molar-refractivity contribution >= 4 is 44.9 Å². The first-order chi connectivity index (χ1) is 16.8. The van der Waals surface area contributed by atoms with Crippen LogP contribution in [0.25, 0.3) is 15.9 Å². The van der Waals surface area contributed by atoms with Gasteiger partial charge in [-0.3, -0.25) is 14.2 Å². The van der Waals surface area contributed by atoms with Gasteiger partial charge in [0.1, 0.15) is 4.83 Å². The summed E-state index contributed by atoms with van der Waals surface area (Å²) in [4.78, 5) is 33.8. The SMILES string of the molecule is Cc1cc(C)cc(-n2c(SCC(=O)Nc3cc(C)ccc3C)nc3sc4c(c3c2=O)CCCC4)c1. The fourth-order valence-electron chi connectivity index (χ4n) is 4.78. The number of hydrogen-bond donors (Lipinski definition) is 1. The lowest BCUT2D eigenvalue weighted by atomic mass is 9.97. The van der Waals surface area contributed by atoms with Gasteiger partial charge in [0.05, 0.1) is 16.8 Å². The molecule has 0 unspecified atom stereocenters. The van der Waals surface area contributed by atoms with Crippen LogP contribution in [0.3, 0.4) is 0 Å². The molecule has 2 aromatic heterocycles. The highest BCUT2D eigenvalue weighted by atomic mass is 32.2. The van der Waals surface area contributed by atoms with Crippen LogP contribution in [-0.4, -0.2) is 21.2 Å². The Morgan fingerprint density at radius 2 is 1.77 bits per heavy atom. The van der Waals surface area contributed by atoms with Crippen LogP contribution in [0.1, 0.15) is 45.5 Å². The predicted octanol–water partition coefficient (Wildman–Crippen LogP) is 6.29. The standard InChI is InChI=1S/C28H29N3O2S2/c1-16-9-10-19(4)22(14-16)29-24(32)15-34-28-30-26-25(21-7-5-6-8-23(21)35-26)27(33)31(28)20-12-17(2)11-18(3)13-20/h9-14H,5-8,15H2,1-4H3,(H,29,32). The zero-order valence-electron chi connectivity index (χ0n) is 20.5. The summed E-state index contributed by atoms with van der Waals surface area (Å²) in [5, 5.41) is 4.33. The minimum absolute atomic E-state index is 0.0307. The molecular weight excluding hydrogens is 474 g/mol. The first-order valence-corrected chi connectivity index (χ1v) is 13.8. The first kappa shape index (κ1) is 23.8. The van der Waals surface area contributed by atoms with Gasteiger partial charge in [0.15, 0.2) is 5.16 Å². The Morgan fingerprint density at radius 3 is 2.54 bits per heavy atom. The number of rotatable bonds is 5. The Kier molecular flexibility index (Phi) is 6.55. The van der Waals surface area contributed by atoms with Gasteiger partial charge >= 0.3 is 0 Å². The molecule has 1 aliphatic carbocycles. The van der Waals surface area contributed by atoms with E-state index in [9.17, 15) is 9.59 Å². The van der Waals surface area contributed by atoms with Crippen molar-refractivity contribution in [3.8, 4) is 5.69 Å². The van der Waals surface area contributed by atoms with Crippen molar-refractivity contribution in [3.63, 3.8) is 0 Å². The van der Waals surface area contributed by atoms with Crippen molar-refractivity contribution in [3.05, 3.63) is 79.4 Å². The summed E-state index contributed by atoms with van der Waals surface area (Å²) >= 11 is 2.95. The molecule has 1 aliphatic rings. The molecule has 0 fully saturated rings. The number of fused-ring (bicyclic) bond motifs is 3. The van der Waals surface area contributed by atoms with Crippen molar-refractivity contribution < 1.29 is 4.79 Å². The molecular formula is C28H29N3O2S2. The number of benzene rings is 2. The molecule has 0 radical (unpaired) electrons. The molecule has 5 rings (SSSR count). The normalized spacial score (nSPS) is 13.1. The summed E-state index contributed by atoms with van der Waals surface area (Å²) in [6, 6.07) is 12.1. The first-order valence-electron chi connectivity index (χ1n) is 12.0. The fourth-order valence-corrected chi connectivity index (χ4v) is 6.89. The second-order valence-electron chi connectivity index (χ2n) is 9.43. The lowest BCUT2D eigenvalue weighted by Gasteiger charge is -2.15. The van der Waals surface area contributed by atoms with Gasteiger partial charge in [0.25, 0.3) is 5.56 Å². The van der Waals surface area contributed by atoms with Gasteiger partial charge in [0.2, 0.25) is 5.91 Å². The number of hydrogen-bond acceptors (Lipinski definition) is 5. The van der Waals surface area contributed by atoms with Crippen LogP contribution in [-0.2, 0) is 17.6 Å². The van der Waals surface area contributed by atoms with Gasteiger partial charge in [0, 0.05) is 10.6 Å². The third-order valence-corrected chi connectivity index (χ3v) is 8.55. The van der Waals surface area contributed by atoms with E-state index in [1.165, 1.54) is 22.2 Å². The highest BCUT2D eigenvalue weighted by Gasteiger charge is 2.23. The summed E-state index contributed by atoms with van der Waals surface area (Å²) in [6.07, 6.45) is 4.21. The molecule has 1 amide bonds. The third-order valence-electron chi connectivity index (χ3n) is 6.42. The highest BCUT2D eigenvalue weighted by Crippen LogP contribution is 2.35. The van der Waals surface area contributed by atoms with Crippen molar-refractivity contribution in [2.24, 2.45) is 0 Å². The second-order valence-corrected chi connectivity index (χ2v) is 11.5. The van der Waals surface area contributed by atoms with Crippen molar-refractivity contribution in [1.29, 1.82) is 0 Å². The second kappa shape index (κ2) is 9.63. The van der Waals surface area contributed by atoms with E-state index in [1.807, 2.05) is 58.0 Å². The van der Waals surface area contributed by atoms with Crippen molar-refractivity contribution in [2.45, 2.75) is 58.5 Å². The molecule has 2 heterocycles. The van der Waals surface area contributed by atoms with E-state index in [2.05, 4.69) is 11.4 Å². The van der Waals surface area contributed by atoms with E-state index in [0.717, 1.165) is 69.5 Å². The maximum Gasteiger partial charge on any atom is 0.267 e. The van der Waals surface area contributed by atoms with Gasteiger partial charge in [-0.2, -0.15) is 0 Å². The van der Waals surface area contributed by atoms with E-state index in [4.69, 9.17) is 4.98 Å². The molecule has 0 saturated heterocycles. The number of thiophene rings is 1. The zero-order valence-corrected chi connectivity index (χ0v) is 22.2. The largest absolute Gasteiger partial charge is 0.325 e. The smallest absolute Gasteiger partial charge is 0.267 e. The highest BCUT2D eigenvalue weighted by molar-refractivity contribution is 7.99. The zero-order chi connectivity index (χ0) is 24.7. The van der Waals surface area contributed by atoms with E-state index in [-0.39, 0.29) is 17.2 Å². The molecule has 35 heavy (non-hydrogen) atoms. The monoisotopic (exact) mass is 503 g/mol. The summed E-state index contributed by atoms with van der Waals surface area (Å²) in [6.45, 7) is 8.05. The molecule has 0 bridgehead atoms. The topological polar surface area (TPSA) is 64.0 Å². The Balaban J connectivity index is 1.55. The maximum absolute atomic E-state index is 13.9. The lowest BCUT2D eigenvalue weighted by molar-refractivity contribution is -0.113.